The average molecular weight is 461 g/mol. The molecule has 0 aliphatic carbocycles. The monoisotopic (exact) mass is 461 g/mol. The standard InChI is InChI=1S/C23H23N7O4/c1-13-9-14(2)30(28-13)20-11-19(25-21(27-20)18-8-7-15(3)34-18)26-23(32)24-12-16-5-4-6-17(10-16)22(31)29-33/h4-11,33H,12H2,1-3H3,(H,29,31)(H2,24,25,26,27,32). The first-order valence-electron chi connectivity index (χ1n) is 10.4. The fourth-order valence-electron chi connectivity index (χ4n) is 3.36. The van der Waals surface area contributed by atoms with E-state index < -0.39 is 11.9 Å². The Kier molecular flexibility index (Phi) is 6.37. The predicted molar refractivity (Wildman–Crippen MR) is 123 cm³/mol. The molecular weight excluding hydrogens is 438 g/mol. The van der Waals surface area contributed by atoms with Crippen molar-refractivity contribution in [2.45, 2.75) is 27.3 Å². The van der Waals surface area contributed by atoms with Crippen LogP contribution in [0.4, 0.5) is 10.6 Å². The van der Waals surface area contributed by atoms with Gasteiger partial charge in [-0.2, -0.15) is 5.10 Å². The molecule has 4 aromatic rings. The van der Waals surface area contributed by atoms with Gasteiger partial charge in [-0.05, 0) is 56.7 Å². The van der Waals surface area contributed by atoms with Crippen LogP contribution in [-0.2, 0) is 6.54 Å². The number of benzene rings is 1. The van der Waals surface area contributed by atoms with E-state index >= 15 is 0 Å². The number of nitrogens with one attached hydrogen (secondary N) is 3. The third-order valence-corrected chi connectivity index (χ3v) is 4.89. The van der Waals surface area contributed by atoms with Crippen LogP contribution in [0.25, 0.3) is 17.4 Å². The fourth-order valence-corrected chi connectivity index (χ4v) is 3.36. The maximum atomic E-state index is 12.6. The molecule has 0 bridgehead atoms. The van der Waals surface area contributed by atoms with Crippen molar-refractivity contribution >= 4 is 17.8 Å². The molecule has 0 fully saturated rings. The number of aromatic nitrogens is 4. The number of furan rings is 1. The molecule has 3 heterocycles. The number of anilines is 1. The fraction of sp³-hybridized carbons (Fsp3) is 0.174. The highest BCUT2D eigenvalue weighted by Gasteiger charge is 2.15. The molecule has 11 nitrogen and oxygen atoms in total. The molecule has 4 N–H and O–H groups in total. The van der Waals surface area contributed by atoms with E-state index in [0.29, 0.717) is 28.7 Å². The molecule has 0 spiro atoms. The van der Waals surface area contributed by atoms with Gasteiger partial charge in [0.15, 0.2) is 17.4 Å². The van der Waals surface area contributed by atoms with Crippen molar-refractivity contribution < 1.29 is 19.2 Å². The second-order valence-electron chi connectivity index (χ2n) is 7.63. The highest BCUT2D eigenvalue weighted by atomic mass is 16.5. The van der Waals surface area contributed by atoms with Crippen LogP contribution in [0.5, 0.6) is 0 Å². The highest BCUT2D eigenvalue weighted by Crippen LogP contribution is 2.22. The van der Waals surface area contributed by atoms with E-state index in [2.05, 4.69) is 25.7 Å². The number of carbonyl (C=O) groups is 2. The van der Waals surface area contributed by atoms with Crippen LogP contribution in [0.2, 0.25) is 0 Å². The topological polar surface area (TPSA) is 147 Å². The number of hydrogen-bond donors (Lipinski definition) is 4. The third kappa shape index (κ3) is 5.10. The predicted octanol–water partition coefficient (Wildman–Crippen LogP) is 3.29. The largest absolute Gasteiger partial charge is 0.458 e. The molecule has 0 saturated heterocycles. The van der Waals surface area contributed by atoms with Crippen molar-refractivity contribution in [2.24, 2.45) is 0 Å². The van der Waals surface area contributed by atoms with Crippen LogP contribution in [0.15, 0.2) is 52.9 Å². The van der Waals surface area contributed by atoms with Crippen molar-refractivity contribution in [3.05, 3.63) is 76.8 Å². The number of hydrogen-bond acceptors (Lipinski definition) is 7. The molecule has 34 heavy (non-hydrogen) atoms. The zero-order valence-corrected chi connectivity index (χ0v) is 18.8. The molecule has 0 unspecified atom stereocenters. The third-order valence-electron chi connectivity index (χ3n) is 4.89. The minimum Gasteiger partial charge on any atom is -0.458 e. The van der Waals surface area contributed by atoms with E-state index in [-0.39, 0.29) is 17.9 Å². The van der Waals surface area contributed by atoms with Gasteiger partial charge in [-0.25, -0.2) is 24.9 Å². The quantitative estimate of drug-likeness (QED) is 0.254. The maximum Gasteiger partial charge on any atom is 0.320 e. The number of aryl methyl sites for hydroxylation is 3. The van der Waals surface area contributed by atoms with Crippen molar-refractivity contribution in [3.8, 4) is 17.4 Å². The Hall–Kier alpha value is -4.51. The zero-order chi connectivity index (χ0) is 24.2. The van der Waals surface area contributed by atoms with E-state index in [4.69, 9.17) is 9.62 Å². The Morgan fingerprint density at radius 2 is 1.88 bits per heavy atom. The lowest BCUT2D eigenvalue weighted by molar-refractivity contribution is 0.0706. The second-order valence-corrected chi connectivity index (χ2v) is 7.63. The first-order chi connectivity index (χ1) is 16.3. The summed E-state index contributed by atoms with van der Waals surface area (Å²) >= 11 is 0. The number of carbonyl (C=O) groups excluding carboxylic acids is 2. The Balaban J connectivity index is 1.56. The van der Waals surface area contributed by atoms with E-state index in [0.717, 1.165) is 11.4 Å². The van der Waals surface area contributed by atoms with Crippen LogP contribution in [0.3, 0.4) is 0 Å². The van der Waals surface area contributed by atoms with Crippen molar-refractivity contribution in [3.63, 3.8) is 0 Å². The summed E-state index contributed by atoms with van der Waals surface area (Å²) in [6, 6.07) is 13.1. The summed E-state index contributed by atoms with van der Waals surface area (Å²) in [7, 11) is 0. The number of amides is 3. The van der Waals surface area contributed by atoms with Gasteiger partial charge < -0.3 is 9.73 Å². The molecule has 3 aromatic heterocycles. The van der Waals surface area contributed by atoms with Gasteiger partial charge in [-0.1, -0.05) is 12.1 Å². The van der Waals surface area contributed by atoms with Crippen LogP contribution in [0, 0.1) is 20.8 Å². The first kappa shape index (κ1) is 22.7. The maximum absolute atomic E-state index is 12.6. The van der Waals surface area contributed by atoms with E-state index in [1.165, 1.54) is 0 Å². The average Bonchev–Trinajstić information content (AvgIpc) is 3.41. The molecule has 3 amide bonds. The molecule has 0 radical (unpaired) electrons. The molecule has 0 atom stereocenters. The number of hydroxylamine groups is 1. The minimum absolute atomic E-state index is 0.151. The normalized spacial score (nSPS) is 10.7. The summed E-state index contributed by atoms with van der Waals surface area (Å²) in [6.07, 6.45) is 0. The summed E-state index contributed by atoms with van der Waals surface area (Å²) in [5.41, 5.74) is 4.23. The molecule has 174 valence electrons. The first-order valence-corrected chi connectivity index (χ1v) is 10.4. The number of urea groups is 1. The summed E-state index contributed by atoms with van der Waals surface area (Å²) in [5.74, 6) is 1.57. The van der Waals surface area contributed by atoms with Gasteiger partial charge >= 0.3 is 6.03 Å². The van der Waals surface area contributed by atoms with Gasteiger partial charge in [0, 0.05) is 23.9 Å². The van der Waals surface area contributed by atoms with E-state index in [9.17, 15) is 9.59 Å². The SMILES string of the molecule is Cc1cc(C)n(-c2cc(NC(=O)NCc3cccc(C(=O)NO)c3)nc(-c3ccc(C)o3)n2)n1. The summed E-state index contributed by atoms with van der Waals surface area (Å²) in [4.78, 5) is 33.1. The lowest BCUT2D eigenvalue weighted by atomic mass is 10.1. The van der Waals surface area contributed by atoms with E-state index in [1.54, 1.807) is 52.6 Å². The van der Waals surface area contributed by atoms with Crippen LogP contribution < -0.4 is 16.1 Å². The minimum atomic E-state index is -0.635. The van der Waals surface area contributed by atoms with Gasteiger partial charge in [0.05, 0.1) is 5.69 Å². The number of nitrogens with zero attached hydrogens (tertiary/aromatic N) is 4. The summed E-state index contributed by atoms with van der Waals surface area (Å²) in [6.45, 7) is 5.76. The van der Waals surface area contributed by atoms with Crippen molar-refractivity contribution in [2.75, 3.05) is 5.32 Å². The molecule has 0 aliphatic rings. The van der Waals surface area contributed by atoms with Crippen molar-refractivity contribution in [1.29, 1.82) is 0 Å². The molecule has 0 saturated carbocycles. The smallest absolute Gasteiger partial charge is 0.320 e. The van der Waals surface area contributed by atoms with Gasteiger partial charge in [-0.3, -0.25) is 15.3 Å². The zero-order valence-electron chi connectivity index (χ0n) is 18.8. The van der Waals surface area contributed by atoms with Crippen LogP contribution in [-0.4, -0.2) is 36.9 Å². The second kappa shape index (κ2) is 9.55. The molecule has 11 heteroatoms. The van der Waals surface area contributed by atoms with E-state index in [1.807, 2.05) is 26.8 Å². The van der Waals surface area contributed by atoms with Crippen molar-refractivity contribution in [1.82, 2.24) is 30.5 Å². The Bertz CT molecular complexity index is 1360. The Morgan fingerprint density at radius 1 is 1.06 bits per heavy atom. The highest BCUT2D eigenvalue weighted by molar-refractivity contribution is 5.93. The van der Waals surface area contributed by atoms with Gasteiger partial charge in [0.25, 0.3) is 5.91 Å². The van der Waals surface area contributed by atoms with Crippen LogP contribution >= 0.6 is 0 Å². The Morgan fingerprint density at radius 3 is 2.56 bits per heavy atom. The molecular formula is C23H23N7O4. The van der Waals surface area contributed by atoms with Gasteiger partial charge in [-0.15, -0.1) is 0 Å². The Labute approximate surface area is 194 Å². The summed E-state index contributed by atoms with van der Waals surface area (Å²) < 4.78 is 7.33. The molecule has 0 aliphatic heterocycles. The van der Waals surface area contributed by atoms with Gasteiger partial charge in [0.2, 0.25) is 0 Å². The lowest BCUT2D eigenvalue weighted by Gasteiger charge is -2.11. The number of rotatable bonds is 6. The van der Waals surface area contributed by atoms with Crippen LogP contribution in [0.1, 0.15) is 33.1 Å². The lowest BCUT2D eigenvalue weighted by Crippen LogP contribution is -2.29. The molecule has 4 rings (SSSR count). The summed E-state index contributed by atoms with van der Waals surface area (Å²) in [5, 5.41) is 18.7. The van der Waals surface area contributed by atoms with Gasteiger partial charge in [0.1, 0.15) is 11.6 Å². The molecule has 1 aromatic carbocycles.